The lowest BCUT2D eigenvalue weighted by Crippen LogP contribution is -2.30. The summed E-state index contributed by atoms with van der Waals surface area (Å²) in [5.41, 5.74) is 8.56. The van der Waals surface area contributed by atoms with Gasteiger partial charge in [-0.25, -0.2) is 14.6 Å². The van der Waals surface area contributed by atoms with E-state index in [1.165, 1.54) is 6.33 Å². The maximum absolute atomic E-state index is 6.11. The van der Waals surface area contributed by atoms with E-state index in [1.54, 1.807) is 0 Å². The second kappa shape index (κ2) is 5.33. The van der Waals surface area contributed by atoms with Crippen molar-refractivity contribution in [2.24, 2.45) is 11.1 Å². The fraction of sp³-hybridized carbons (Fsp3) is 0.375. The van der Waals surface area contributed by atoms with E-state index in [0.29, 0.717) is 5.82 Å². The Morgan fingerprint density at radius 3 is 2.92 bits per heavy atom. The summed E-state index contributed by atoms with van der Waals surface area (Å²) in [5, 5.41) is 12.6. The van der Waals surface area contributed by atoms with E-state index in [9.17, 15) is 0 Å². The molecule has 0 saturated heterocycles. The van der Waals surface area contributed by atoms with E-state index in [1.807, 2.05) is 23.9 Å². The van der Waals surface area contributed by atoms with Gasteiger partial charge in [0, 0.05) is 18.7 Å². The maximum Gasteiger partial charge on any atom is 0.164 e. The number of anilines is 1. The van der Waals surface area contributed by atoms with Crippen LogP contribution in [0.4, 0.5) is 5.82 Å². The third kappa shape index (κ3) is 2.06. The minimum absolute atomic E-state index is 0.103. The molecule has 0 bridgehead atoms. The van der Waals surface area contributed by atoms with Crippen LogP contribution in [0.3, 0.4) is 0 Å². The van der Waals surface area contributed by atoms with Gasteiger partial charge in [0.05, 0.1) is 11.3 Å². The Morgan fingerprint density at radius 1 is 1.33 bits per heavy atom. The van der Waals surface area contributed by atoms with Crippen LogP contribution in [-0.4, -0.2) is 38.7 Å². The van der Waals surface area contributed by atoms with Crippen molar-refractivity contribution < 1.29 is 4.84 Å². The highest BCUT2D eigenvalue weighted by Gasteiger charge is 2.33. The number of amidine groups is 1. The van der Waals surface area contributed by atoms with Crippen molar-refractivity contribution in [2.75, 3.05) is 12.8 Å². The zero-order valence-corrected chi connectivity index (χ0v) is 13.8. The molecule has 24 heavy (non-hydrogen) atoms. The normalized spacial score (nSPS) is 22.3. The number of hydrogen-bond donors (Lipinski definition) is 2. The van der Waals surface area contributed by atoms with E-state index in [4.69, 9.17) is 15.7 Å². The number of rotatable bonds is 2. The number of nitrogen functional groups attached to an aromatic ring is 1. The van der Waals surface area contributed by atoms with Gasteiger partial charge in [0.2, 0.25) is 0 Å². The number of aromatic nitrogens is 4. The van der Waals surface area contributed by atoms with E-state index in [-0.39, 0.29) is 18.1 Å². The van der Waals surface area contributed by atoms with Crippen LogP contribution in [0.5, 0.6) is 0 Å². The topological polar surface area (TPSA) is 103 Å². The van der Waals surface area contributed by atoms with Crippen LogP contribution in [0.25, 0.3) is 16.6 Å². The predicted molar refractivity (Wildman–Crippen MR) is 92.1 cm³/mol. The van der Waals surface area contributed by atoms with E-state index in [0.717, 1.165) is 28.1 Å². The highest BCUT2D eigenvalue weighted by Crippen LogP contribution is 2.34. The number of nitrogens with zero attached hydrogens (tertiary/aromatic N) is 5. The van der Waals surface area contributed by atoms with Gasteiger partial charge in [-0.1, -0.05) is 17.3 Å². The molecule has 124 valence electrons. The number of nitrogens with two attached hydrogens (primary N) is 1. The monoisotopic (exact) mass is 325 g/mol. The SMILES string of the molecule is CNC1=NOC2C=C(c3nn(C(C)C)c4ncnc(N)c34)C=CC12. The first kappa shape index (κ1) is 14.7. The standard InChI is InChI=1S/C16H19N7O/c1-8(2)23-16-12(14(17)19-7-20-16)13(21-23)9-4-5-10-11(6-9)24-22-15(10)18-3/h4-8,10-11H,1-3H3,(H,18,22)(H2,17,19,20). The molecular weight excluding hydrogens is 306 g/mol. The third-order valence-electron chi connectivity index (χ3n) is 4.31. The number of fused-ring (bicyclic) bond motifs is 2. The van der Waals surface area contributed by atoms with E-state index >= 15 is 0 Å². The Bertz CT molecular complexity index is 893. The van der Waals surface area contributed by atoms with Gasteiger partial charge in [0.15, 0.2) is 17.6 Å². The fourth-order valence-electron chi connectivity index (χ4n) is 3.10. The quantitative estimate of drug-likeness (QED) is 0.867. The first-order chi connectivity index (χ1) is 11.6. The lowest BCUT2D eigenvalue weighted by atomic mass is 9.91. The summed E-state index contributed by atoms with van der Waals surface area (Å²) in [6.07, 6.45) is 7.45. The van der Waals surface area contributed by atoms with Gasteiger partial charge in [-0.15, -0.1) is 0 Å². The zero-order valence-electron chi connectivity index (χ0n) is 13.8. The van der Waals surface area contributed by atoms with Crippen molar-refractivity contribution in [3.63, 3.8) is 0 Å². The van der Waals surface area contributed by atoms with Crippen LogP contribution in [0.1, 0.15) is 25.6 Å². The number of allylic oxidation sites excluding steroid dienone is 2. The lowest BCUT2D eigenvalue weighted by Gasteiger charge is -2.17. The van der Waals surface area contributed by atoms with Crippen LogP contribution >= 0.6 is 0 Å². The average Bonchev–Trinajstić information content (AvgIpc) is 3.16. The molecule has 2 aliphatic rings. The fourth-order valence-corrected chi connectivity index (χ4v) is 3.10. The van der Waals surface area contributed by atoms with Crippen molar-refractivity contribution in [3.05, 3.63) is 30.2 Å². The van der Waals surface area contributed by atoms with Crippen molar-refractivity contribution >= 4 is 28.3 Å². The average molecular weight is 325 g/mol. The van der Waals surface area contributed by atoms with Gasteiger partial charge in [-0.3, -0.25) is 0 Å². The molecule has 4 rings (SSSR count). The summed E-state index contributed by atoms with van der Waals surface area (Å²) in [5.74, 6) is 1.36. The molecule has 0 amide bonds. The minimum Gasteiger partial charge on any atom is -0.386 e. The van der Waals surface area contributed by atoms with Crippen LogP contribution in [0.2, 0.25) is 0 Å². The number of nitrogens with one attached hydrogen (secondary N) is 1. The Morgan fingerprint density at radius 2 is 2.17 bits per heavy atom. The van der Waals surface area contributed by atoms with Crippen molar-refractivity contribution in [1.29, 1.82) is 0 Å². The van der Waals surface area contributed by atoms with E-state index < -0.39 is 0 Å². The molecule has 2 aromatic heterocycles. The first-order valence-corrected chi connectivity index (χ1v) is 7.90. The summed E-state index contributed by atoms with van der Waals surface area (Å²) >= 11 is 0. The molecule has 8 nitrogen and oxygen atoms in total. The Kier molecular flexibility index (Phi) is 3.26. The molecule has 0 radical (unpaired) electrons. The largest absolute Gasteiger partial charge is 0.386 e. The summed E-state index contributed by atoms with van der Waals surface area (Å²) in [7, 11) is 1.84. The highest BCUT2D eigenvalue weighted by molar-refractivity contribution is 5.99. The molecule has 2 unspecified atom stereocenters. The molecule has 2 aromatic rings. The number of oxime groups is 1. The third-order valence-corrected chi connectivity index (χ3v) is 4.31. The molecule has 0 saturated carbocycles. The zero-order chi connectivity index (χ0) is 16.8. The predicted octanol–water partition coefficient (Wildman–Crippen LogP) is 1.49. The molecule has 0 aromatic carbocycles. The molecule has 3 N–H and O–H groups in total. The Balaban J connectivity index is 1.83. The van der Waals surface area contributed by atoms with Gasteiger partial charge < -0.3 is 15.9 Å². The van der Waals surface area contributed by atoms with Gasteiger partial charge in [0.1, 0.15) is 17.8 Å². The minimum atomic E-state index is -0.141. The van der Waals surface area contributed by atoms with E-state index in [2.05, 4.69) is 40.4 Å². The van der Waals surface area contributed by atoms with Crippen LogP contribution in [0.15, 0.2) is 29.7 Å². The van der Waals surface area contributed by atoms with Crippen LogP contribution in [0, 0.1) is 5.92 Å². The Hall–Kier alpha value is -2.90. The highest BCUT2D eigenvalue weighted by atomic mass is 16.6. The maximum atomic E-state index is 6.11. The van der Waals surface area contributed by atoms with Gasteiger partial charge >= 0.3 is 0 Å². The summed E-state index contributed by atoms with van der Waals surface area (Å²) in [6, 6.07) is 0.165. The van der Waals surface area contributed by atoms with Gasteiger partial charge in [0.25, 0.3) is 0 Å². The second-order valence-electron chi connectivity index (χ2n) is 6.15. The molecule has 0 fully saturated rings. The lowest BCUT2D eigenvalue weighted by molar-refractivity contribution is 0.106. The summed E-state index contributed by atoms with van der Waals surface area (Å²) in [4.78, 5) is 14.0. The second-order valence-corrected chi connectivity index (χ2v) is 6.15. The first-order valence-electron chi connectivity index (χ1n) is 7.90. The smallest absolute Gasteiger partial charge is 0.164 e. The number of hydrogen-bond acceptors (Lipinski definition) is 7. The van der Waals surface area contributed by atoms with Crippen molar-refractivity contribution in [2.45, 2.75) is 26.0 Å². The van der Waals surface area contributed by atoms with Gasteiger partial charge in [-0.05, 0) is 19.9 Å². The molecule has 1 aliphatic heterocycles. The Labute approximate surface area is 139 Å². The van der Waals surface area contributed by atoms with Crippen molar-refractivity contribution in [3.8, 4) is 0 Å². The molecule has 3 heterocycles. The molecule has 2 atom stereocenters. The molecular formula is C16H19N7O. The van der Waals surface area contributed by atoms with Gasteiger partial charge in [-0.2, -0.15) is 5.10 Å². The molecule has 8 heteroatoms. The summed E-state index contributed by atoms with van der Waals surface area (Å²) in [6.45, 7) is 4.12. The summed E-state index contributed by atoms with van der Waals surface area (Å²) < 4.78 is 1.87. The van der Waals surface area contributed by atoms with Crippen LogP contribution < -0.4 is 11.1 Å². The van der Waals surface area contributed by atoms with Crippen molar-refractivity contribution in [1.82, 2.24) is 25.1 Å². The molecule has 1 aliphatic carbocycles. The van der Waals surface area contributed by atoms with Crippen LogP contribution in [-0.2, 0) is 4.84 Å². The molecule has 0 spiro atoms.